The quantitative estimate of drug-likeness (QED) is 0.0309. The van der Waals surface area contributed by atoms with Gasteiger partial charge in [-0.3, -0.25) is 4.79 Å². The summed E-state index contributed by atoms with van der Waals surface area (Å²) in [6.45, 7) is 4.06. The van der Waals surface area contributed by atoms with Crippen molar-refractivity contribution >= 4 is 5.91 Å². The average Bonchev–Trinajstić information content (AvgIpc) is 3.26. The fourth-order valence-electron chi connectivity index (χ4n) is 8.58. The Morgan fingerprint density at radius 1 is 0.393 bits per heavy atom. The van der Waals surface area contributed by atoms with E-state index in [1.165, 1.54) is 225 Å². The summed E-state index contributed by atoms with van der Waals surface area (Å²) >= 11 is 0. The number of carbonyl (C=O) groups excluding carboxylic acids is 1. The Labute approximate surface area is 380 Å². The second kappa shape index (κ2) is 49.8. The molecule has 362 valence electrons. The average molecular weight is 862 g/mol. The largest absolute Gasteiger partial charge is 0.394 e. The van der Waals surface area contributed by atoms with Crippen molar-refractivity contribution in [3.63, 3.8) is 0 Å². The van der Waals surface area contributed by atoms with Crippen LogP contribution in [0.2, 0.25) is 0 Å². The Morgan fingerprint density at radius 2 is 0.672 bits per heavy atom. The highest BCUT2D eigenvalue weighted by molar-refractivity contribution is 5.80. The summed E-state index contributed by atoms with van der Waals surface area (Å²) in [6, 6.07) is -1.000. The lowest BCUT2D eigenvalue weighted by molar-refractivity contribution is -0.132. The maximum Gasteiger partial charge on any atom is 0.249 e. The lowest BCUT2D eigenvalue weighted by Gasteiger charge is -2.27. The van der Waals surface area contributed by atoms with Crippen LogP contribution in [0.4, 0.5) is 0 Å². The Morgan fingerprint density at radius 3 is 0.984 bits per heavy atom. The fraction of sp³-hybridized carbons (Fsp3) is 0.909. The molecule has 0 heterocycles. The van der Waals surface area contributed by atoms with Gasteiger partial charge in [0, 0.05) is 0 Å². The number of allylic oxidation sites excluding steroid dienone is 4. The van der Waals surface area contributed by atoms with E-state index in [2.05, 4.69) is 43.5 Å². The predicted molar refractivity (Wildman–Crippen MR) is 265 cm³/mol. The van der Waals surface area contributed by atoms with Gasteiger partial charge in [-0.15, -0.1) is 0 Å². The SMILES string of the molecule is CCCCCCCCCCCC/C=C/CCCC(O)C(O)C(CO)NC(=O)C(O)CCCCCCCCCCCCCCCC/C=C\CCCCCCCCCCCCCC. The molecule has 0 aromatic heterocycles. The van der Waals surface area contributed by atoms with Crippen molar-refractivity contribution in [3.8, 4) is 0 Å². The minimum absolute atomic E-state index is 0.365. The van der Waals surface area contributed by atoms with E-state index in [-0.39, 0.29) is 0 Å². The molecule has 6 heteroatoms. The summed E-state index contributed by atoms with van der Waals surface area (Å²) < 4.78 is 0. The topological polar surface area (TPSA) is 110 Å². The van der Waals surface area contributed by atoms with Crippen molar-refractivity contribution in [2.75, 3.05) is 6.61 Å². The van der Waals surface area contributed by atoms with Gasteiger partial charge in [0.15, 0.2) is 0 Å². The van der Waals surface area contributed by atoms with Crippen LogP contribution in [0.15, 0.2) is 24.3 Å². The zero-order valence-electron chi connectivity index (χ0n) is 40.9. The van der Waals surface area contributed by atoms with Crippen molar-refractivity contribution in [3.05, 3.63) is 24.3 Å². The van der Waals surface area contributed by atoms with Crippen LogP contribution in [-0.2, 0) is 4.79 Å². The standard InChI is InChI=1S/C55H107NO5/c1-3-5-7-9-11-13-15-17-19-20-21-22-23-24-25-26-27-28-29-30-31-32-33-35-37-39-41-43-45-47-49-53(59)55(61)56-51(50-57)54(60)52(58)48-46-44-42-40-38-36-34-18-16-14-12-10-8-6-4-2/h24-25,40,42,51-54,57-60H,3-23,26-39,41,43-50H2,1-2H3,(H,56,61)/b25-24-,42-40+. The highest BCUT2D eigenvalue weighted by atomic mass is 16.3. The number of carbonyl (C=O) groups is 1. The monoisotopic (exact) mass is 862 g/mol. The summed E-state index contributed by atoms with van der Waals surface area (Å²) in [5.41, 5.74) is 0. The van der Waals surface area contributed by atoms with Gasteiger partial charge in [-0.1, -0.05) is 250 Å². The Kier molecular flexibility index (Phi) is 48.8. The van der Waals surface area contributed by atoms with Gasteiger partial charge in [0.25, 0.3) is 0 Å². The number of nitrogens with one attached hydrogen (secondary N) is 1. The second-order valence-corrected chi connectivity index (χ2v) is 18.9. The molecule has 4 atom stereocenters. The third-order valence-corrected chi connectivity index (χ3v) is 12.9. The smallest absolute Gasteiger partial charge is 0.249 e. The Bertz CT molecular complexity index is 924. The molecule has 0 aromatic rings. The van der Waals surface area contributed by atoms with E-state index < -0.39 is 36.9 Å². The van der Waals surface area contributed by atoms with Crippen LogP contribution in [0.3, 0.4) is 0 Å². The molecule has 4 unspecified atom stereocenters. The molecule has 0 rings (SSSR count). The van der Waals surface area contributed by atoms with Crippen molar-refractivity contribution < 1.29 is 25.2 Å². The molecule has 1 amide bonds. The number of aliphatic hydroxyl groups excluding tert-OH is 4. The normalized spacial score (nSPS) is 14.0. The van der Waals surface area contributed by atoms with E-state index in [1.807, 2.05) is 0 Å². The van der Waals surface area contributed by atoms with E-state index in [4.69, 9.17) is 0 Å². The number of hydrogen-bond donors (Lipinski definition) is 5. The molecule has 0 aliphatic rings. The third kappa shape index (κ3) is 43.8. The third-order valence-electron chi connectivity index (χ3n) is 12.9. The fourth-order valence-corrected chi connectivity index (χ4v) is 8.58. The van der Waals surface area contributed by atoms with E-state index in [9.17, 15) is 25.2 Å². The maximum atomic E-state index is 12.6. The van der Waals surface area contributed by atoms with E-state index >= 15 is 0 Å². The summed E-state index contributed by atoms with van der Waals surface area (Å²) in [7, 11) is 0. The van der Waals surface area contributed by atoms with Crippen LogP contribution < -0.4 is 5.32 Å². The number of hydrogen-bond acceptors (Lipinski definition) is 5. The van der Waals surface area contributed by atoms with Crippen LogP contribution in [-0.4, -0.2) is 57.3 Å². The van der Waals surface area contributed by atoms with Crippen LogP contribution in [0, 0.1) is 0 Å². The summed E-state index contributed by atoms with van der Waals surface area (Å²) in [6.07, 6.45) is 59.6. The Balaban J connectivity index is 3.60. The summed E-state index contributed by atoms with van der Waals surface area (Å²) in [5.74, 6) is -0.590. The number of rotatable bonds is 50. The zero-order valence-corrected chi connectivity index (χ0v) is 40.9. The van der Waals surface area contributed by atoms with E-state index in [0.717, 1.165) is 38.5 Å². The molecular weight excluding hydrogens is 755 g/mol. The van der Waals surface area contributed by atoms with Gasteiger partial charge in [-0.25, -0.2) is 0 Å². The molecule has 0 radical (unpaired) electrons. The number of amides is 1. The van der Waals surface area contributed by atoms with Crippen molar-refractivity contribution in [2.45, 2.75) is 314 Å². The van der Waals surface area contributed by atoms with Crippen molar-refractivity contribution in [1.82, 2.24) is 5.32 Å². The molecule has 0 saturated carbocycles. The molecule has 0 aliphatic heterocycles. The van der Waals surface area contributed by atoms with Crippen LogP contribution in [0.1, 0.15) is 290 Å². The molecule has 0 saturated heterocycles. The van der Waals surface area contributed by atoms with Gasteiger partial charge in [0.05, 0.1) is 18.8 Å². The van der Waals surface area contributed by atoms with Crippen molar-refractivity contribution in [2.24, 2.45) is 0 Å². The summed E-state index contributed by atoms with van der Waals surface area (Å²) in [5, 5.41) is 43.8. The lowest BCUT2D eigenvalue weighted by Crippen LogP contribution is -2.53. The maximum absolute atomic E-state index is 12.6. The highest BCUT2D eigenvalue weighted by Gasteiger charge is 2.28. The molecule has 61 heavy (non-hydrogen) atoms. The van der Waals surface area contributed by atoms with Crippen molar-refractivity contribution in [1.29, 1.82) is 0 Å². The van der Waals surface area contributed by atoms with E-state index in [0.29, 0.717) is 12.8 Å². The molecule has 0 spiro atoms. The highest BCUT2D eigenvalue weighted by Crippen LogP contribution is 2.17. The Hall–Kier alpha value is -1.21. The van der Waals surface area contributed by atoms with E-state index in [1.54, 1.807) is 0 Å². The van der Waals surface area contributed by atoms with Gasteiger partial charge >= 0.3 is 0 Å². The molecule has 0 bridgehead atoms. The zero-order chi connectivity index (χ0) is 44.5. The van der Waals surface area contributed by atoms with Gasteiger partial charge < -0.3 is 25.7 Å². The van der Waals surface area contributed by atoms with Gasteiger partial charge in [0.2, 0.25) is 5.91 Å². The molecule has 5 N–H and O–H groups in total. The number of unbranched alkanes of at least 4 members (excludes halogenated alkanes) is 37. The van der Waals surface area contributed by atoms with Crippen LogP contribution in [0.5, 0.6) is 0 Å². The molecule has 6 nitrogen and oxygen atoms in total. The molecular formula is C55H107NO5. The molecule has 0 fully saturated rings. The first-order valence-corrected chi connectivity index (χ1v) is 27.2. The first-order chi connectivity index (χ1) is 30.0. The van der Waals surface area contributed by atoms with Gasteiger partial charge in [0.1, 0.15) is 12.2 Å². The molecule has 0 aliphatic carbocycles. The predicted octanol–water partition coefficient (Wildman–Crippen LogP) is 15.5. The first kappa shape index (κ1) is 59.8. The minimum atomic E-state index is -1.28. The summed E-state index contributed by atoms with van der Waals surface area (Å²) in [4.78, 5) is 12.6. The minimum Gasteiger partial charge on any atom is -0.394 e. The van der Waals surface area contributed by atoms with Crippen LogP contribution >= 0.6 is 0 Å². The lowest BCUT2D eigenvalue weighted by atomic mass is 10.00. The number of aliphatic hydroxyl groups is 4. The second-order valence-electron chi connectivity index (χ2n) is 18.9. The van der Waals surface area contributed by atoms with Crippen LogP contribution in [0.25, 0.3) is 0 Å². The molecule has 0 aromatic carbocycles. The first-order valence-electron chi connectivity index (χ1n) is 27.2. The van der Waals surface area contributed by atoms with Gasteiger partial charge in [-0.2, -0.15) is 0 Å². The van der Waals surface area contributed by atoms with Gasteiger partial charge in [-0.05, 0) is 64.2 Å².